The molecule has 1 aromatic rings. The van der Waals surface area contributed by atoms with Crippen LogP contribution in [0.5, 0.6) is 0 Å². The minimum absolute atomic E-state index is 0.382. The lowest BCUT2D eigenvalue weighted by atomic mass is 10.2. The highest BCUT2D eigenvalue weighted by Gasteiger charge is 2.09. The van der Waals surface area contributed by atoms with Crippen molar-refractivity contribution in [2.75, 3.05) is 13.2 Å². The van der Waals surface area contributed by atoms with Gasteiger partial charge in [0, 0.05) is 32.0 Å². The summed E-state index contributed by atoms with van der Waals surface area (Å²) in [6, 6.07) is 0. The Kier molecular flexibility index (Phi) is 4.62. The maximum Gasteiger partial charge on any atom is 0.111 e. The summed E-state index contributed by atoms with van der Waals surface area (Å²) in [5.74, 6) is 0.916. The van der Waals surface area contributed by atoms with Gasteiger partial charge in [-0.3, -0.25) is 0 Å². The summed E-state index contributed by atoms with van der Waals surface area (Å²) >= 11 is 0. The molecule has 0 aliphatic carbocycles. The number of aryl methyl sites for hydroxylation is 1. The highest BCUT2D eigenvalue weighted by Crippen LogP contribution is 2.02. The molecule has 1 rings (SSSR count). The first-order valence-electron chi connectivity index (χ1n) is 5.03. The van der Waals surface area contributed by atoms with E-state index in [1.165, 1.54) is 0 Å². The Morgan fingerprint density at radius 1 is 1.57 bits per heavy atom. The van der Waals surface area contributed by atoms with Crippen molar-refractivity contribution in [2.45, 2.75) is 32.9 Å². The molecule has 14 heavy (non-hydrogen) atoms. The van der Waals surface area contributed by atoms with Gasteiger partial charge in [0.15, 0.2) is 0 Å². The molecule has 1 heterocycles. The van der Waals surface area contributed by atoms with E-state index in [1.54, 1.807) is 6.20 Å². The molecule has 0 spiro atoms. The van der Waals surface area contributed by atoms with Crippen LogP contribution in [0.2, 0.25) is 0 Å². The summed E-state index contributed by atoms with van der Waals surface area (Å²) in [6.45, 7) is 5.88. The van der Waals surface area contributed by atoms with Gasteiger partial charge in [-0.1, -0.05) is 0 Å². The average molecular weight is 198 g/mol. The van der Waals surface area contributed by atoms with Crippen molar-refractivity contribution >= 4 is 0 Å². The zero-order valence-electron chi connectivity index (χ0n) is 8.81. The summed E-state index contributed by atoms with van der Waals surface area (Å²) in [6.07, 6.45) is 3.78. The third-order valence-electron chi connectivity index (χ3n) is 2.07. The lowest BCUT2D eigenvalue weighted by Crippen LogP contribution is -2.20. The van der Waals surface area contributed by atoms with Gasteiger partial charge in [-0.2, -0.15) is 0 Å². The number of aliphatic hydroxyl groups excluding tert-OH is 1. The predicted molar refractivity (Wildman–Crippen MR) is 54.1 cm³/mol. The quantitative estimate of drug-likeness (QED) is 0.737. The van der Waals surface area contributed by atoms with E-state index in [1.807, 2.05) is 17.7 Å². The fourth-order valence-electron chi connectivity index (χ4n) is 1.34. The molecule has 1 N–H and O–H groups in total. The molecule has 80 valence electrons. The maximum atomic E-state index is 9.59. The van der Waals surface area contributed by atoms with Crippen molar-refractivity contribution in [2.24, 2.45) is 0 Å². The molecule has 0 aromatic carbocycles. The summed E-state index contributed by atoms with van der Waals surface area (Å²) in [7, 11) is 0. The Morgan fingerprint density at radius 2 is 2.36 bits per heavy atom. The number of aliphatic hydroxyl groups is 1. The zero-order chi connectivity index (χ0) is 10.4. The lowest BCUT2D eigenvalue weighted by Gasteiger charge is -2.10. The third kappa shape index (κ3) is 3.12. The molecule has 0 radical (unpaired) electrons. The standard InChI is InChI=1S/C10H18N2O2/c1-3-12-6-5-11-10(12)7-9(13)8-14-4-2/h5-6,9,13H,3-4,7-8H2,1-2H3. The minimum atomic E-state index is -0.456. The normalized spacial score (nSPS) is 13.1. The molecule has 0 saturated heterocycles. The van der Waals surface area contributed by atoms with E-state index < -0.39 is 6.10 Å². The van der Waals surface area contributed by atoms with Gasteiger partial charge in [-0.25, -0.2) is 4.98 Å². The molecule has 1 atom stereocenters. The zero-order valence-corrected chi connectivity index (χ0v) is 8.81. The highest BCUT2D eigenvalue weighted by molar-refractivity contribution is 4.93. The van der Waals surface area contributed by atoms with Crippen molar-refractivity contribution in [1.82, 2.24) is 9.55 Å². The Hall–Kier alpha value is -0.870. The van der Waals surface area contributed by atoms with Crippen LogP contribution in [0.3, 0.4) is 0 Å². The van der Waals surface area contributed by atoms with Gasteiger partial charge in [0.25, 0.3) is 0 Å². The predicted octanol–water partition coefficient (Wildman–Crippen LogP) is 0.843. The van der Waals surface area contributed by atoms with Crippen LogP contribution in [0.15, 0.2) is 12.4 Å². The van der Waals surface area contributed by atoms with Crippen molar-refractivity contribution in [3.63, 3.8) is 0 Å². The Morgan fingerprint density at radius 3 is 3.00 bits per heavy atom. The van der Waals surface area contributed by atoms with Gasteiger partial charge in [0.1, 0.15) is 5.82 Å². The van der Waals surface area contributed by atoms with Gasteiger partial charge in [-0.05, 0) is 13.8 Å². The van der Waals surface area contributed by atoms with Crippen molar-refractivity contribution < 1.29 is 9.84 Å². The monoisotopic (exact) mass is 198 g/mol. The van der Waals surface area contributed by atoms with Gasteiger partial charge in [-0.15, -0.1) is 0 Å². The largest absolute Gasteiger partial charge is 0.390 e. The number of nitrogens with zero attached hydrogens (tertiary/aromatic N) is 2. The van der Waals surface area contributed by atoms with Crippen molar-refractivity contribution in [3.8, 4) is 0 Å². The second-order valence-corrected chi connectivity index (χ2v) is 3.15. The van der Waals surface area contributed by atoms with E-state index in [0.29, 0.717) is 19.6 Å². The van der Waals surface area contributed by atoms with Crippen LogP contribution in [-0.4, -0.2) is 34.0 Å². The SMILES string of the molecule is CCOCC(O)Cc1nccn1CC. The summed E-state index contributed by atoms with van der Waals surface area (Å²) in [4.78, 5) is 4.18. The number of rotatable bonds is 6. The molecule has 0 bridgehead atoms. The Balaban J connectivity index is 2.42. The fraction of sp³-hybridized carbons (Fsp3) is 0.700. The lowest BCUT2D eigenvalue weighted by molar-refractivity contribution is 0.0416. The first-order chi connectivity index (χ1) is 6.77. The molecule has 0 amide bonds. The van der Waals surface area contributed by atoms with E-state index in [4.69, 9.17) is 4.74 Å². The summed E-state index contributed by atoms with van der Waals surface area (Å²) < 4.78 is 7.15. The topological polar surface area (TPSA) is 47.3 Å². The van der Waals surface area contributed by atoms with Crippen molar-refractivity contribution in [1.29, 1.82) is 0 Å². The average Bonchev–Trinajstić information content (AvgIpc) is 2.62. The number of imidazole rings is 1. The van der Waals surface area contributed by atoms with Gasteiger partial charge in [0.2, 0.25) is 0 Å². The second kappa shape index (κ2) is 5.78. The number of ether oxygens (including phenoxy) is 1. The molecule has 0 aliphatic rings. The number of hydrogen-bond donors (Lipinski definition) is 1. The van der Waals surface area contributed by atoms with E-state index >= 15 is 0 Å². The van der Waals surface area contributed by atoms with E-state index in [-0.39, 0.29) is 0 Å². The van der Waals surface area contributed by atoms with Crippen LogP contribution in [0, 0.1) is 0 Å². The maximum absolute atomic E-state index is 9.59. The van der Waals surface area contributed by atoms with Crippen LogP contribution in [-0.2, 0) is 17.7 Å². The first kappa shape index (κ1) is 11.2. The number of hydrogen-bond acceptors (Lipinski definition) is 3. The molecular formula is C10H18N2O2. The van der Waals surface area contributed by atoms with E-state index in [9.17, 15) is 5.11 Å². The molecule has 0 aliphatic heterocycles. The molecule has 0 saturated carbocycles. The van der Waals surface area contributed by atoms with Gasteiger partial charge >= 0.3 is 0 Å². The third-order valence-corrected chi connectivity index (χ3v) is 2.07. The Bertz CT molecular complexity index is 260. The molecule has 1 unspecified atom stereocenters. The first-order valence-corrected chi connectivity index (χ1v) is 5.03. The molecule has 0 fully saturated rings. The van der Waals surface area contributed by atoms with Crippen molar-refractivity contribution in [3.05, 3.63) is 18.2 Å². The highest BCUT2D eigenvalue weighted by atomic mass is 16.5. The molecule has 1 aromatic heterocycles. The van der Waals surface area contributed by atoms with Gasteiger partial charge < -0.3 is 14.4 Å². The summed E-state index contributed by atoms with van der Waals surface area (Å²) in [5, 5.41) is 9.59. The van der Waals surface area contributed by atoms with Crippen LogP contribution in [0.1, 0.15) is 19.7 Å². The second-order valence-electron chi connectivity index (χ2n) is 3.15. The minimum Gasteiger partial charge on any atom is -0.390 e. The van der Waals surface area contributed by atoms with E-state index in [2.05, 4.69) is 11.9 Å². The van der Waals surface area contributed by atoms with Crippen LogP contribution < -0.4 is 0 Å². The van der Waals surface area contributed by atoms with Crippen LogP contribution in [0.4, 0.5) is 0 Å². The fourth-order valence-corrected chi connectivity index (χ4v) is 1.34. The smallest absolute Gasteiger partial charge is 0.111 e. The molecule has 4 heteroatoms. The summed E-state index contributed by atoms with van der Waals surface area (Å²) in [5.41, 5.74) is 0. The molecular weight excluding hydrogens is 180 g/mol. The van der Waals surface area contributed by atoms with Crippen LogP contribution >= 0.6 is 0 Å². The van der Waals surface area contributed by atoms with E-state index in [0.717, 1.165) is 12.4 Å². The van der Waals surface area contributed by atoms with Gasteiger partial charge in [0.05, 0.1) is 12.7 Å². The molecule has 4 nitrogen and oxygen atoms in total. The van der Waals surface area contributed by atoms with Crippen LogP contribution in [0.25, 0.3) is 0 Å². The number of aromatic nitrogens is 2. The Labute approximate surface area is 84.5 Å².